The van der Waals surface area contributed by atoms with E-state index < -0.39 is 5.54 Å². The van der Waals surface area contributed by atoms with Crippen molar-refractivity contribution in [3.63, 3.8) is 0 Å². The predicted molar refractivity (Wildman–Crippen MR) is 100 cm³/mol. The first kappa shape index (κ1) is 19.3. The van der Waals surface area contributed by atoms with Gasteiger partial charge in [-0.25, -0.2) is 0 Å². The van der Waals surface area contributed by atoms with Crippen LogP contribution in [0.2, 0.25) is 5.02 Å². The zero-order valence-corrected chi connectivity index (χ0v) is 15.6. The Morgan fingerprint density at radius 1 is 1.24 bits per heavy atom. The second-order valence-electron chi connectivity index (χ2n) is 6.50. The summed E-state index contributed by atoms with van der Waals surface area (Å²) in [5.74, 6) is 2.62. The van der Waals surface area contributed by atoms with Crippen molar-refractivity contribution >= 4 is 23.4 Å². The average Bonchev–Trinajstić information content (AvgIpc) is 2.66. The Hall–Kier alpha value is -1.99. The summed E-state index contributed by atoms with van der Waals surface area (Å²) in [6, 6.07) is 6.88. The molecular formula is C20H25ClN2O2. The zero-order valence-electron chi connectivity index (χ0n) is 14.8. The lowest BCUT2D eigenvalue weighted by Crippen LogP contribution is -2.51. The lowest BCUT2D eigenvalue weighted by atomic mass is 9.90. The van der Waals surface area contributed by atoms with Crippen molar-refractivity contribution in [1.29, 1.82) is 0 Å². The molecule has 0 unspecified atom stereocenters. The zero-order chi connectivity index (χ0) is 18.4. The van der Waals surface area contributed by atoms with E-state index in [-0.39, 0.29) is 17.7 Å². The highest BCUT2D eigenvalue weighted by Crippen LogP contribution is 2.22. The molecule has 0 aliphatic carbocycles. The van der Waals surface area contributed by atoms with Gasteiger partial charge in [0.1, 0.15) is 5.54 Å². The summed E-state index contributed by atoms with van der Waals surface area (Å²) in [5.41, 5.74) is 0.0588. The standard InChI is InChI=1S/C20H25ClN2O2/c1-4-20(5-2,6-3)22-18(24)15-11-13-23(14-12-15)19(25)16-7-9-17(21)10-8-16/h1,7-10,15H,5-6,11-14H2,2-3H3,(H,22,24). The maximum absolute atomic E-state index is 12.5. The molecule has 134 valence electrons. The molecule has 1 N–H and O–H groups in total. The predicted octanol–water partition coefficient (Wildman–Crippen LogP) is 3.50. The molecular weight excluding hydrogens is 336 g/mol. The van der Waals surface area contributed by atoms with Gasteiger partial charge in [0.05, 0.1) is 0 Å². The van der Waals surface area contributed by atoms with Crippen LogP contribution in [0.1, 0.15) is 49.9 Å². The molecule has 0 bridgehead atoms. The van der Waals surface area contributed by atoms with Crippen LogP contribution in [0.15, 0.2) is 24.3 Å². The number of likely N-dealkylation sites (tertiary alicyclic amines) is 1. The monoisotopic (exact) mass is 360 g/mol. The van der Waals surface area contributed by atoms with Crippen molar-refractivity contribution in [2.45, 2.75) is 45.1 Å². The van der Waals surface area contributed by atoms with E-state index in [1.807, 2.05) is 13.8 Å². The molecule has 0 spiro atoms. The first-order valence-electron chi connectivity index (χ1n) is 8.79. The Morgan fingerprint density at radius 3 is 2.28 bits per heavy atom. The maximum atomic E-state index is 12.5. The van der Waals surface area contributed by atoms with Crippen LogP contribution >= 0.6 is 11.6 Å². The van der Waals surface area contributed by atoms with Gasteiger partial charge in [-0.05, 0) is 49.9 Å². The van der Waals surface area contributed by atoms with Crippen LogP contribution in [-0.4, -0.2) is 35.3 Å². The molecule has 1 saturated heterocycles. The Morgan fingerprint density at radius 2 is 1.80 bits per heavy atom. The minimum Gasteiger partial charge on any atom is -0.340 e. The third-order valence-electron chi connectivity index (χ3n) is 5.09. The van der Waals surface area contributed by atoms with Gasteiger partial charge < -0.3 is 10.2 Å². The Kier molecular flexibility index (Phi) is 6.50. The molecule has 2 rings (SSSR count). The summed E-state index contributed by atoms with van der Waals surface area (Å²) >= 11 is 5.86. The summed E-state index contributed by atoms with van der Waals surface area (Å²) in [6.07, 6.45) is 8.34. The molecule has 4 nitrogen and oxygen atoms in total. The number of terminal acetylenes is 1. The number of nitrogens with one attached hydrogen (secondary N) is 1. The second-order valence-corrected chi connectivity index (χ2v) is 6.93. The molecule has 1 aromatic carbocycles. The summed E-state index contributed by atoms with van der Waals surface area (Å²) in [6.45, 7) is 5.11. The lowest BCUT2D eigenvalue weighted by Gasteiger charge is -2.34. The molecule has 1 fully saturated rings. The summed E-state index contributed by atoms with van der Waals surface area (Å²) in [7, 11) is 0. The van der Waals surface area contributed by atoms with Gasteiger partial charge in [-0.3, -0.25) is 9.59 Å². The number of rotatable bonds is 5. The fourth-order valence-corrected chi connectivity index (χ4v) is 3.25. The first-order valence-corrected chi connectivity index (χ1v) is 9.17. The molecule has 1 heterocycles. The van der Waals surface area contributed by atoms with E-state index >= 15 is 0 Å². The highest BCUT2D eigenvalue weighted by molar-refractivity contribution is 6.30. The highest BCUT2D eigenvalue weighted by atomic mass is 35.5. The van der Waals surface area contributed by atoms with Gasteiger partial charge in [-0.1, -0.05) is 31.4 Å². The van der Waals surface area contributed by atoms with Crippen LogP contribution in [0.5, 0.6) is 0 Å². The number of piperidine rings is 1. The molecule has 1 aliphatic heterocycles. The molecule has 2 amide bonds. The molecule has 1 aromatic rings. The molecule has 0 radical (unpaired) electrons. The number of carbonyl (C=O) groups is 2. The van der Waals surface area contributed by atoms with E-state index in [1.165, 1.54) is 0 Å². The summed E-state index contributed by atoms with van der Waals surface area (Å²) in [4.78, 5) is 26.9. The van der Waals surface area contributed by atoms with Gasteiger partial charge in [0.25, 0.3) is 5.91 Å². The lowest BCUT2D eigenvalue weighted by molar-refractivity contribution is -0.127. The molecule has 0 atom stereocenters. The van der Waals surface area contributed by atoms with Crippen molar-refractivity contribution in [3.8, 4) is 12.3 Å². The number of carbonyl (C=O) groups excluding carboxylic acids is 2. The highest BCUT2D eigenvalue weighted by Gasteiger charge is 2.32. The number of hydrogen-bond donors (Lipinski definition) is 1. The van der Waals surface area contributed by atoms with Gasteiger partial charge in [-0.2, -0.15) is 0 Å². The number of nitrogens with zero attached hydrogens (tertiary/aromatic N) is 1. The van der Waals surface area contributed by atoms with E-state index in [0.717, 1.165) is 0 Å². The van der Waals surface area contributed by atoms with Crippen LogP contribution in [0.4, 0.5) is 0 Å². The Bertz CT molecular complexity index is 651. The molecule has 5 heteroatoms. The van der Waals surface area contributed by atoms with E-state index in [2.05, 4.69) is 11.2 Å². The molecule has 0 saturated carbocycles. The topological polar surface area (TPSA) is 49.4 Å². The normalized spacial score (nSPS) is 15.5. The van der Waals surface area contributed by atoms with Crippen molar-refractivity contribution in [3.05, 3.63) is 34.9 Å². The maximum Gasteiger partial charge on any atom is 0.253 e. The third kappa shape index (κ3) is 4.55. The number of hydrogen-bond acceptors (Lipinski definition) is 2. The van der Waals surface area contributed by atoms with Crippen molar-refractivity contribution < 1.29 is 9.59 Å². The van der Waals surface area contributed by atoms with Crippen molar-refractivity contribution in [2.75, 3.05) is 13.1 Å². The van der Waals surface area contributed by atoms with E-state index in [0.29, 0.717) is 49.4 Å². The van der Waals surface area contributed by atoms with Crippen LogP contribution in [0, 0.1) is 18.3 Å². The number of amides is 2. The van der Waals surface area contributed by atoms with Crippen LogP contribution in [0.25, 0.3) is 0 Å². The van der Waals surface area contributed by atoms with Crippen LogP contribution in [0.3, 0.4) is 0 Å². The van der Waals surface area contributed by atoms with Crippen molar-refractivity contribution in [1.82, 2.24) is 10.2 Å². The van der Waals surface area contributed by atoms with Gasteiger partial charge >= 0.3 is 0 Å². The van der Waals surface area contributed by atoms with Gasteiger partial charge in [0.15, 0.2) is 0 Å². The molecule has 1 aliphatic rings. The quantitative estimate of drug-likeness (QED) is 0.817. The number of halogens is 1. The average molecular weight is 361 g/mol. The van der Waals surface area contributed by atoms with Crippen molar-refractivity contribution in [2.24, 2.45) is 5.92 Å². The third-order valence-corrected chi connectivity index (χ3v) is 5.34. The van der Waals surface area contributed by atoms with Gasteiger partial charge in [0.2, 0.25) is 5.91 Å². The minimum absolute atomic E-state index is 0.000224. The molecule has 25 heavy (non-hydrogen) atoms. The Labute approximate surface area is 154 Å². The number of benzene rings is 1. The first-order chi connectivity index (χ1) is 11.9. The second kappa shape index (κ2) is 8.40. The van der Waals surface area contributed by atoms with Crippen LogP contribution < -0.4 is 5.32 Å². The van der Waals surface area contributed by atoms with Gasteiger partial charge in [-0.15, -0.1) is 6.42 Å². The minimum atomic E-state index is -0.562. The fraction of sp³-hybridized carbons (Fsp3) is 0.500. The van der Waals surface area contributed by atoms with Gasteiger partial charge in [0, 0.05) is 29.6 Å². The molecule has 0 aromatic heterocycles. The van der Waals surface area contributed by atoms with E-state index in [1.54, 1.807) is 29.2 Å². The van der Waals surface area contributed by atoms with E-state index in [4.69, 9.17) is 18.0 Å². The Balaban J connectivity index is 1.93. The van der Waals surface area contributed by atoms with Crippen LogP contribution in [-0.2, 0) is 4.79 Å². The SMILES string of the molecule is C#CC(CC)(CC)NC(=O)C1CCN(C(=O)c2ccc(Cl)cc2)CC1. The van der Waals surface area contributed by atoms with E-state index in [9.17, 15) is 9.59 Å². The summed E-state index contributed by atoms with van der Waals surface area (Å²) < 4.78 is 0. The smallest absolute Gasteiger partial charge is 0.253 e. The fourth-order valence-electron chi connectivity index (χ4n) is 3.12. The largest absolute Gasteiger partial charge is 0.340 e. The summed E-state index contributed by atoms with van der Waals surface area (Å²) in [5, 5.41) is 3.65.